The molecule has 0 saturated carbocycles. The molecule has 1 atom stereocenters. The molecule has 3 rings (SSSR count). The third-order valence-corrected chi connectivity index (χ3v) is 4.99. The molecule has 24 heavy (non-hydrogen) atoms. The Bertz CT molecular complexity index is 660. The normalized spacial score (nSPS) is 20.9. The van der Waals surface area contributed by atoms with Crippen molar-refractivity contribution in [1.82, 2.24) is 4.90 Å². The van der Waals surface area contributed by atoms with E-state index in [-0.39, 0.29) is 6.42 Å². The zero-order valence-corrected chi connectivity index (χ0v) is 14.4. The predicted octanol–water partition coefficient (Wildman–Crippen LogP) is 5.43. The third-order valence-electron chi connectivity index (χ3n) is 4.76. The number of halogens is 3. The lowest BCUT2D eigenvalue weighted by atomic mass is 9.88. The molecule has 1 saturated heterocycles. The molecule has 0 bridgehead atoms. The molecule has 1 aliphatic heterocycles. The van der Waals surface area contributed by atoms with E-state index >= 15 is 0 Å². The van der Waals surface area contributed by atoms with Gasteiger partial charge in [0.1, 0.15) is 0 Å². The molecule has 1 nitrogen and oxygen atoms in total. The predicted molar refractivity (Wildman–Crippen MR) is 94.5 cm³/mol. The molecule has 4 heteroatoms. The number of aryl methyl sites for hydroxylation is 1. The number of hydrogen-bond donors (Lipinski definition) is 0. The first-order valence-electron chi connectivity index (χ1n) is 8.41. The second-order valence-corrected chi connectivity index (χ2v) is 7.03. The van der Waals surface area contributed by atoms with Gasteiger partial charge in [-0.15, -0.1) is 0 Å². The lowest BCUT2D eigenvalue weighted by Gasteiger charge is -2.38. The molecule has 2 aromatic rings. The Balaban J connectivity index is 1.61. The Morgan fingerprint density at radius 3 is 2.54 bits per heavy atom. The molecule has 2 aromatic carbocycles. The highest BCUT2D eigenvalue weighted by molar-refractivity contribution is 6.30. The van der Waals surface area contributed by atoms with Crippen LogP contribution in [0, 0.1) is 5.92 Å². The lowest BCUT2D eigenvalue weighted by Crippen LogP contribution is -2.46. The number of piperidine rings is 1. The first-order valence-corrected chi connectivity index (χ1v) is 8.79. The van der Waals surface area contributed by atoms with Crippen molar-refractivity contribution in [2.45, 2.75) is 31.7 Å². The Morgan fingerprint density at radius 1 is 1.04 bits per heavy atom. The van der Waals surface area contributed by atoms with Gasteiger partial charge in [-0.1, -0.05) is 54.1 Å². The van der Waals surface area contributed by atoms with Crippen molar-refractivity contribution < 1.29 is 8.78 Å². The van der Waals surface area contributed by atoms with Gasteiger partial charge in [0.15, 0.2) is 0 Å². The SMILES string of the molecule is FC1(F)CCN(Cc2cccc(Cl)c2)CC1CCc1ccccc1. The highest BCUT2D eigenvalue weighted by Crippen LogP contribution is 2.36. The molecular weight excluding hydrogens is 328 g/mol. The maximum Gasteiger partial charge on any atom is 0.253 e. The maximum absolute atomic E-state index is 14.3. The molecule has 1 aliphatic rings. The Morgan fingerprint density at radius 2 is 1.79 bits per heavy atom. The van der Waals surface area contributed by atoms with Crippen molar-refractivity contribution in [3.63, 3.8) is 0 Å². The molecule has 0 amide bonds. The van der Waals surface area contributed by atoms with E-state index < -0.39 is 11.8 Å². The van der Waals surface area contributed by atoms with Crippen LogP contribution in [-0.2, 0) is 13.0 Å². The van der Waals surface area contributed by atoms with Crippen LogP contribution in [0.2, 0.25) is 5.02 Å². The monoisotopic (exact) mass is 349 g/mol. The van der Waals surface area contributed by atoms with Crippen LogP contribution in [0.25, 0.3) is 0 Å². The smallest absolute Gasteiger partial charge is 0.253 e. The van der Waals surface area contributed by atoms with Gasteiger partial charge >= 0.3 is 0 Å². The molecule has 0 aromatic heterocycles. The number of alkyl halides is 2. The van der Waals surface area contributed by atoms with Crippen molar-refractivity contribution in [2.24, 2.45) is 5.92 Å². The van der Waals surface area contributed by atoms with Crippen LogP contribution in [0.15, 0.2) is 54.6 Å². The quantitative estimate of drug-likeness (QED) is 0.695. The Hall–Kier alpha value is -1.45. The molecule has 0 spiro atoms. The molecule has 0 N–H and O–H groups in total. The van der Waals surface area contributed by atoms with Crippen molar-refractivity contribution in [3.05, 3.63) is 70.7 Å². The van der Waals surface area contributed by atoms with Crippen LogP contribution in [0.3, 0.4) is 0 Å². The molecule has 128 valence electrons. The van der Waals surface area contributed by atoms with Gasteiger partial charge in [0.2, 0.25) is 0 Å². The van der Waals surface area contributed by atoms with Gasteiger partial charge in [-0.25, -0.2) is 8.78 Å². The fraction of sp³-hybridized carbons (Fsp3) is 0.400. The van der Waals surface area contributed by atoms with E-state index in [4.69, 9.17) is 11.6 Å². The van der Waals surface area contributed by atoms with E-state index in [0.29, 0.717) is 37.5 Å². The van der Waals surface area contributed by atoms with Crippen molar-refractivity contribution >= 4 is 11.6 Å². The van der Waals surface area contributed by atoms with E-state index in [2.05, 4.69) is 4.90 Å². The summed E-state index contributed by atoms with van der Waals surface area (Å²) in [7, 11) is 0. The molecule has 1 unspecified atom stereocenters. The number of likely N-dealkylation sites (tertiary alicyclic amines) is 1. The second-order valence-electron chi connectivity index (χ2n) is 6.60. The summed E-state index contributed by atoms with van der Waals surface area (Å²) in [4.78, 5) is 2.12. The zero-order valence-electron chi connectivity index (χ0n) is 13.6. The first-order chi connectivity index (χ1) is 11.5. The maximum atomic E-state index is 14.3. The Kier molecular flexibility index (Phi) is 5.52. The van der Waals surface area contributed by atoms with Gasteiger partial charge in [0.05, 0.1) is 0 Å². The summed E-state index contributed by atoms with van der Waals surface area (Å²) < 4.78 is 28.6. The summed E-state index contributed by atoms with van der Waals surface area (Å²) in [5.41, 5.74) is 2.20. The third kappa shape index (κ3) is 4.55. The first kappa shape index (κ1) is 17.4. The molecule has 0 radical (unpaired) electrons. The van der Waals surface area contributed by atoms with Crippen molar-refractivity contribution in [2.75, 3.05) is 13.1 Å². The lowest BCUT2D eigenvalue weighted by molar-refractivity contribution is -0.109. The highest BCUT2D eigenvalue weighted by atomic mass is 35.5. The standard InChI is InChI=1S/C20H22ClF2N/c21-19-8-4-7-17(13-19)14-24-12-11-20(22,23)18(15-24)10-9-16-5-2-1-3-6-16/h1-8,13,18H,9-12,14-15H2. The van der Waals surface area contributed by atoms with E-state index in [0.717, 1.165) is 11.1 Å². The van der Waals surface area contributed by atoms with Crippen LogP contribution in [-0.4, -0.2) is 23.9 Å². The summed E-state index contributed by atoms with van der Waals surface area (Å²) in [5, 5.41) is 0.690. The van der Waals surface area contributed by atoms with Gasteiger partial charge in [-0.3, -0.25) is 4.90 Å². The van der Waals surface area contributed by atoms with Gasteiger partial charge in [0.25, 0.3) is 5.92 Å². The van der Waals surface area contributed by atoms with Gasteiger partial charge in [-0.05, 0) is 36.1 Å². The van der Waals surface area contributed by atoms with Crippen molar-refractivity contribution in [1.29, 1.82) is 0 Å². The minimum atomic E-state index is -2.57. The average Bonchev–Trinajstić information content (AvgIpc) is 2.56. The molecule has 1 fully saturated rings. The minimum absolute atomic E-state index is 0.0625. The van der Waals surface area contributed by atoms with Crippen molar-refractivity contribution in [3.8, 4) is 0 Å². The number of hydrogen-bond acceptors (Lipinski definition) is 1. The topological polar surface area (TPSA) is 3.24 Å². The molecule has 1 heterocycles. The summed E-state index contributed by atoms with van der Waals surface area (Å²) in [6.45, 7) is 1.55. The number of rotatable bonds is 5. The number of benzene rings is 2. The van der Waals surface area contributed by atoms with Gasteiger partial charge < -0.3 is 0 Å². The average molecular weight is 350 g/mol. The van der Waals surface area contributed by atoms with Crippen LogP contribution >= 0.6 is 11.6 Å². The molecular formula is C20H22ClF2N. The second kappa shape index (κ2) is 7.62. The van der Waals surface area contributed by atoms with E-state index in [1.807, 2.05) is 54.6 Å². The summed E-state index contributed by atoms with van der Waals surface area (Å²) >= 11 is 6.02. The number of nitrogens with zero attached hydrogens (tertiary/aromatic N) is 1. The fourth-order valence-electron chi connectivity index (χ4n) is 3.37. The highest BCUT2D eigenvalue weighted by Gasteiger charge is 2.43. The Labute approximate surface area is 147 Å². The van der Waals surface area contributed by atoms with Crippen LogP contribution < -0.4 is 0 Å². The summed E-state index contributed by atoms with van der Waals surface area (Å²) in [6, 6.07) is 17.5. The zero-order chi connectivity index (χ0) is 17.0. The van der Waals surface area contributed by atoms with Crippen LogP contribution in [0.5, 0.6) is 0 Å². The summed E-state index contributed by atoms with van der Waals surface area (Å²) in [6.07, 6.45) is 1.15. The largest absolute Gasteiger partial charge is 0.298 e. The van der Waals surface area contributed by atoms with E-state index in [1.165, 1.54) is 0 Å². The van der Waals surface area contributed by atoms with Gasteiger partial charge in [-0.2, -0.15) is 0 Å². The molecule has 0 aliphatic carbocycles. The van der Waals surface area contributed by atoms with E-state index in [1.54, 1.807) is 0 Å². The summed E-state index contributed by atoms with van der Waals surface area (Å²) in [5.74, 6) is -3.16. The minimum Gasteiger partial charge on any atom is -0.298 e. The fourth-order valence-corrected chi connectivity index (χ4v) is 3.59. The van der Waals surface area contributed by atoms with Gasteiger partial charge in [0, 0.05) is 37.0 Å². The van der Waals surface area contributed by atoms with Crippen LogP contribution in [0.1, 0.15) is 24.0 Å². The van der Waals surface area contributed by atoms with E-state index in [9.17, 15) is 8.78 Å². The van der Waals surface area contributed by atoms with Crippen LogP contribution in [0.4, 0.5) is 8.78 Å².